The van der Waals surface area contributed by atoms with Crippen molar-refractivity contribution >= 4 is 11.9 Å². The molecular weight excluding hydrogens is 608 g/mol. The van der Waals surface area contributed by atoms with Crippen molar-refractivity contribution < 1.29 is 19.4 Å². The molecule has 1 aliphatic heterocycles. The number of carboxylic acid groups (broad SMARTS) is 1. The standard InChI is InChI=1S/C43H72N2O4/c1-29(2)30-15-20-43(28-44-23-12-26-45-24-10-11-25-45)22-21-41(8)31(36(30)43)13-14-33-40(7)18-17-34(49-35(46)27-38(3,4)37(47)48)39(5,6)32(40)16-19-42(33,41)9/h30-34,36,44H,1,10-28H2,2-9H3,(H,47,48)/t30-,31+,32-,33+,34-,36+,40-,41+,42+,43+/m0/s1. The van der Waals surface area contributed by atoms with Crippen LogP contribution < -0.4 is 5.32 Å². The highest BCUT2D eigenvalue weighted by molar-refractivity contribution is 5.81. The third-order valence-electron chi connectivity index (χ3n) is 17.1. The number of carboxylic acids is 1. The smallest absolute Gasteiger partial charge is 0.309 e. The first-order valence-corrected chi connectivity index (χ1v) is 20.4. The molecule has 0 bridgehead atoms. The molecule has 0 aromatic heterocycles. The fourth-order valence-electron chi connectivity index (χ4n) is 14.2. The first kappa shape index (κ1) is 37.4. The predicted molar refractivity (Wildman–Crippen MR) is 198 cm³/mol. The number of nitrogens with one attached hydrogen (secondary N) is 1. The van der Waals surface area contributed by atoms with Crippen molar-refractivity contribution in [1.29, 1.82) is 0 Å². The Balaban J connectivity index is 1.19. The number of nitrogens with zero attached hydrogens (tertiary/aromatic N) is 1. The van der Waals surface area contributed by atoms with Gasteiger partial charge in [0.1, 0.15) is 6.10 Å². The van der Waals surface area contributed by atoms with E-state index >= 15 is 0 Å². The number of ether oxygens (including phenoxy) is 1. The highest BCUT2D eigenvalue weighted by Gasteiger charge is 2.71. The van der Waals surface area contributed by atoms with E-state index < -0.39 is 11.4 Å². The molecule has 6 rings (SSSR count). The van der Waals surface area contributed by atoms with E-state index in [4.69, 9.17) is 4.74 Å². The van der Waals surface area contributed by atoms with Crippen LogP contribution in [0.4, 0.5) is 0 Å². The number of hydrogen-bond donors (Lipinski definition) is 2. The van der Waals surface area contributed by atoms with Gasteiger partial charge in [-0.25, -0.2) is 0 Å². The minimum absolute atomic E-state index is 0.0841. The third kappa shape index (κ3) is 6.17. The Morgan fingerprint density at radius 3 is 2.29 bits per heavy atom. The maximum Gasteiger partial charge on any atom is 0.309 e. The van der Waals surface area contributed by atoms with Crippen molar-refractivity contribution in [1.82, 2.24) is 10.2 Å². The van der Waals surface area contributed by atoms with Gasteiger partial charge in [0.2, 0.25) is 0 Å². The molecule has 5 saturated carbocycles. The summed E-state index contributed by atoms with van der Waals surface area (Å²) >= 11 is 0. The average molecular weight is 681 g/mol. The molecule has 6 heteroatoms. The monoisotopic (exact) mass is 681 g/mol. The third-order valence-corrected chi connectivity index (χ3v) is 17.1. The van der Waals surface area contributed by atoms with E-state index in [1.165, 1.54) is 102 Å². The lowest BCUT2D eigenvalue weighted by Crippen LogP contribution is -2.67. The summed E-state index contributed by atoms with van der Waals surface area (Å²) in [6, 6.07) is 0. The zero-order valence-electron chi connectivity index (χ0n) is 32.7. The molecule has 0 unspecified atom stereocenters. The van der Waals surface area contributed by atoms with E-state index in [2.05, 4.69) is 58.3 Å². The first-order chi connectivity index (χ1) is 22.9. The van der Waals surface area contributed by atoms with Crippen LogP contribution in [0.5, 0.6) is 0 Å². The molecule has 2 N–H and O–H groups in total. The summed E-state index contributed by atoms with van der Waals surface area (Å²) in [6.45, 7) is 29.1. The number of carbonyl (C=O) groups excluding carboxylic acids is 1. The second-order valence-electron chi connectivity index (χ2n) is 20.3. The van der Waals surface area contributed by atoms with Crippen LogP contribution in [0, 0.1) is 62.1 Å². The molecule has 10 atom stereocenters. The van der Waals surface area contributed by atoms with E-state index in [0.717, 1.165) is 31.2 Å². The number of fused-ring (bicyclic) bond motifs is 7. The Morgan fingerprint density at radius 1 is 0.898 bits per heavy atom. The molecule has 1 heterocycles. The Hall–Kier alpha value is -1.40. The van der Waals surface area contributed by atoms with E-state index in [1.807, 2.05) is 0 Å². The number of allylic oxidation sites excluding steroid dienone is 1. The number of likely N-dealkylation sites (tertiary alicyclic amines) is 1. The summed E-state index contributed by atoms with van der Waals surface area (Å²) in [7, 11) is 0. The molecule has 0 amide bonds. The van der Waals surface area contributed by atoms with Gasteiger partial charge in [-0.2, -0.15) is 0 Å². The van der Waals surface area contributed by atoms with Gasteiger partial charge in [0.25, 0.3) is 0 Å². The molecule has 278 valence electrons. The van der Waals surface area contributed by atoms with Crippen LogP contribution in [0.2, 0.25) is 0 Å². The number of rotatable bonds is 11. The largest absolute Gasteiger partial charge is 0.481 e. The quantitative estimate of drug-likeness (QED) is 0.129. The molecule has 49 heavy (non-hydrogen) atoms. The fraction of sp³-hybridized carbons (Fsp3) is 0.907. The van der Waals surface area contributed by atoms with Crippen molar-refractivity contribution in [3.05, 3.63) is 12.2 Å². The van der Waals surface area contributed by atoms with E-state index in [-0.39, 0.29) is 29.3 Å². The van der Waals surface area contributed by atoms with Crippen molar-refractivity contribution in [2.45, 2.75) is 151 Å². The molecule has 0 aromatic rings. The fourth-order valence-corrected chi connectivity index (χ4v) is 14.2. The Labute approximate surface area is 299 Å². The Kier molecular flexibility index (Phi) is 10.1. The summed E-state index contributed by atoms with van der Waals surface area (Å²) < 4.78 is 6.20. The normalized spacial score (nSPS) is 43.2. The minimum Gasteiger partial charge on any atom is -0.481 e. The molecular formula is C43H72N2O4. The minimum atomic E-state index is -1.12. The van der Waals surface area contributed by atoms with Crippen LogP contribution >= 0.6 is 0 Å². The number of carbonyl (C=O) groups is 2. The van der Waals surface area contributed by atoms with Crippen molar-refractivity contribution in [2.75, 3.05) is 32.7 Å². The van der Waals surface area contributed by atoms with E-state index in [0.29, 0.717) is 34.0 Å². The van der Waals surface area contributed by atoms with Crippen LogP contribution in [0.3, 0.4) is 0 Å². The number of aliphatic carboxylic acids is 1. The molecule has 6 aliphatic rings. The summed E-state index contributed by atoms with van der Waals surface area (Å²) in [5.41, 5.74) is 1.40. The molecule has 0 aromatic carbocycles. The van der Waals surface area contributed by atoms with Crippen molar-refractivity contribution in [2.24, 2.45) is 62.1 Å². The lowest BCUT2D eigenvalue weighted by molar-refractivity contribution is -0.250. The van der Waals surface area contributed by atoms with Gasteiger partial charge in [-0.1, -0.05) is 46.8 Å². The molecule has 1 saturated heterocycles. The second-order valence-corrected chi connectivity index (χ2v) is 20.3. The lowest BCUT2D eigenvalue weighted by Gasteiger charge is -2.73. The maximum absolute atomic E-state index is 13.1. The highest BCUT2D eigenvalue weighted by atomic mass is 16.5. The van der Waals surface area contributed by atoms with Gasteiger partial charge < -0.3 is 20.1 Å². The van der Waals surface area contributed by atoms with Gasteiger partial charge in [-0.15, -0.1) is 0 Å². The topological polar surface area (TPSA) is 78.9 Å². The van der Waals surface area contributed by atoms with Crippen LogP contribution in [0.1, 0.15) is 145 Å². The lowest BCUT2D eigenvalue weighted by atomic mass is 9.32. The molecule has 6 nitrogen and oxygen atoms in total. The van der Waals surface area contributed by atoms with Crippen LogP contribution in [-0.2, 0) is 14.3 Å². The summed E-state index contributed by atoms with van der Waals surface area (Å²) in [6.07, 6.45) is 16.2. The zero-order chi connectivity index (χ0) is 35.6. The summed E-state index contributed by atoms with van der Waals surface area (Å²) in [5, 5.41) is 13.6. The predicted octanol–water partition coefficient (Wildman–Crippen LogP) is 9.13. The van der Waals surface area contributed by atoms with Gasteiger partial charge in [0.05, 0.1) is 11.8 Å². The second kappa shape index (κ2) is 13.2. The van der Waals surface area contributed by atoms with Gasteiger partial charge >= 0.3 is 11.9 Å². The SMILES string of the molecule is C=C(C)[C@@H]1CC[C@]2(CNCCCN3CCCC3)CC[C@]3(C)[C@H](CC[C@@H]4[C@@]5(C)CC[C@H](OC(=O)CC(C)(C)C(=O)O)C(C)(C)[C@@H]5CC[C@]43C)[C@@H]12. The van der Waals surface area contributed by atoms with Gasteiger partial charge in [-0.05, 0) is 182 Å². The molecule has 0 radical (unpaired) electrons. The molecule has 0 spiro atoms. The maximum atomic E-state index is 13.1. The first-order valence-electron chi connectivity index (χ1n) is 20.4. The zero-order valence-corrected chi connectivity index (χ0v) is 32.7. The Bertz CT molecular complexity index is 1270. The Morgan fingerprint density at radius 2 is 1.61 bits per heavy atom. The highest BCUT2D eigenvalue weighted by Crippen LogP contribution is 2.77. The average Bonchev–Trinajstić information content (AvgIpc) is 3.67. The van der Waals surface area contributed by atoms with Crippen LogP contribution in [0.15, 0.2) is 12.2 Å². The summed E-state index contributed by atoms with van der Waals surface area (Å²) in [4.78, 5) is 27.5. The van der Waals surface area contributed by atoms with Gasteiger partial charge in [0.15, 0.2) is 0 Å². The molecule has 6 fully saturated rings. The van der Waals surface area contributed by atoms with Gasteiger partial charge in [0, 0.05) is 12.0 Å². The van der Waals surface area contributed by atoms with E-state index in [1.54, 1.807) is 13.8 Å². The van der Waals surface area contributed by atoms with Crippen molar-refractivity contribution in [3.8, 4) is 0 Å². The van der Waals surface area contributed by atoms with Crippen molar-refractivity contribution in [3.63, 3.8) is 0 Å². The number of esters is 1. The van der Waals surface area contributed by atoms with Crippen LogP contribution in [-0.4, -0.2) is 60.8 Å². The summed E-state index contributed by atoms with van der Waals surface area (Å²) in [5.74, 6) is 1.98. The van der Waals surface area contributed by atoms with Gasteiger partial charge in [-0.3, -0.25) is 9.59 Å². The molecule has 5 aliphatic carbocycles. The van der Waals surface area contributed by atoms with Crippen LogP contribution in [0.25, 0.3) is 0 Å². The van der Waals surface area contributed by atoms with E-state index in [9.17, 15) is 14.7 Å². The number of hydrogen-bond acceptors (Lipinski definition) is 5.